The third kappa shape index (κ3) is 3.45. The molecule has 0 bridgehead atoms. The lowest BCUT2D eigenvalue weighted by Crippen LogP contribution is -2.17. The molecule has 2 aromatic carbocycles. The molecule has 0 aliphatic heterocycles. The first-order chi connectivity index (χ1) is 10.0. The first-order valence-electron chi connectivity index (χ1n) is 6.98. The minimum absolute atomic E-state index is 0.426. The summed E-state index contributed by atoms with van der Waals surface area (Å²) in [5.74, 6) is 0.528. The van der Waals surface area contributed by atoms with Crippen LogP contribution in [0, 0.1) is 0 Å². The molecule has 1 N–H and O–H groups in total. The first kappa shape index (κ1) is 14.1. The van der Waals surface area contributed by atoms with Gasteiger partial charge in [0.2, 0.25) is 0 Å². The lowest BCUT2D eigenvalue weighted by molar-refractivity contribution is -0.137. The van der Waals surface area contributed by atoms with Crippen molar-refractivity contribution in [1.82, 2.24) is 5.32 Å². The molecular formula is C17H16F3N. The van der Waals surface area contributed by atoms with Crippen molar-refractivity contribution >= 4 is 0 Å². The Morgan fingerprint density at radius 2 is 1.62 bits per heavy atom. The number of hydrogen-bond acceptors (Lipinski definition) is 1. The number of hydrogen-bond donors (Lipinski definition) is 1. The molecule has 21 heavy (non-hydrogen) atoms. The molecule has 4 heteroatoms. The van der Waals surface area contributed by atoms with Crippen molar-refractivity contribution in [3.8, 4) is 0 Å². The lowest BCUT2D eigenvalue weighted by Gasteiger charge is -2.08. The monoisotopic (exact) mass is 291 g/mol. The Bertz CT molecular complexity index is 590. The molecule has 0 saturated heterocycles. The van der Waals surface area contributed by atoms with E-state index in [4.69, 9.17) is 0 Å². The molecule has 110 valence electrons. The van der Waals surface area contributed by atoms with Crippen LogP contribution in [0.2, 0.25) is 0 Å². The van der Waals surface area contributed by atoms with Crippen molar-refractivity contribution < 1.29 is 13.2 Å². The highest BCUT2D eigenvalue weighted by molar-refractivity contribution is 5.28. The molecule has 1 saturated carbocycles. The Hall–Kier alpha value is -1.81. The number of alkyl halides is 3. The SMILES string of the molecule is FC(F)(F)c1ccc(CN[C@@H]2C[C@H]2c2ccccc2)cc1. The number of nitrogens with one attached hydrogen (secondary N) is 1. The molecule has 1 nitrogen and oxygen atoms in total. The molecule has 1 aliphatic rings. The third-order valence-electron chi connectivity index (χ3n) is 3.87. The Balaban J connectivity index is 1.53. The maximum absolute atomic E-state index is 12.5. The fourth-order valence-corrected chi connectivity index (χ4v) is 2.55. The summed E-state index contributed by atoms with van der Waals surface area (Å²) < 4.78 is 37.4. The Kier molecular flexibility index (Phi) is 3.72. The van der Waals surface area contributed by atoms with Crippen LogP contribution in [0.3, 0.4) is 0 Å². The van der Waals surface area contributed by atoms with Crippen LogP contribution in [0.1, 0.15) is 29.0 Å². The van der Waals surface area contributed by atoms with Crippen molar-refractivity contribution in [2.45, 2.75) is 31.1 Å². The summed E-state index contributed by atoms with van der Waals surface area (Å²) >= 11 is 0. The van der Waals surface area contributed by atoms with Crippen molar-refractivity contribution in [1.29, 1.82) is 0 Å². The molecule has 2 aromatic rings. The van der Waals surface area contributed by atoms with E-state index in [1.165, 1.54) is 17.7 Å². The minimum Gasteiger partial charge on any atom is -0.309 e. The van der Waals surface area contributed by atoms with E-state index in [-0.39, 0.29) is 0 Å². The van der Waals surface area contributed by atoms with Crippen LogP contribution < -0.4 is 5.32 Å². The summed E-state index contributed by atoms with van der Waals surface area (Å²) in [4.78, 5) is 0. The summed E-state index contributed by atoms with van der Waals surface area (Å²) in [6.45, 7) is 0.603. The van der Waals surface area contributed by atoms with Gasteiger partial charge in [-0.15, -0.1) is 0 Å². The standard InChI is InChI=1S/C17H16F3N/c18-17(19,20)14-8-6-12(7-9-14)11-21-16-10-15(16)13-4-2-1-3-5-13/h1-9,15-16,21H,10-11H2/t15-,16+/m0/s1. The van der Waals surface area contributed by atoms with Gasteiger partial charge in [0.05, 0.1) is 5.56 Å². The predicted octanol–water partition coefficient (Wildman–Crippen LogP) is 4.35. The molecule has 0 spiro atoms. The number of benzene rings is 2. The van der Waals surface area contributed by atoms with Gasteiger partial charge in [-0.1, -0.05) is 42.5 Å². The molecule has 1 aliphatic carbocycles. The van der Waals surface area contributed by atoms with Crippen LogP contribution in [-0.4, -0.2) is 6.04 Å². The summed E-state index contributed by atoms with van der Waals surface area (Å²) in [5.41, 5.74) is 1.60. The maximum atomic E-state index is 12.5. The van der Waals surface area contributed by atoms with Crippen LogP contribution >= 0.6 is 0 Å². The maximum Gasteiger partial charge on any atom is 0.416 e. The quantitative estimate of drug-likeness (QED) is 0.883. The van der Waals surface area contributed by atoms with Gasteiger partial charge in [0.1, 0.15) is 0 Å². The van der Waals surface area contributed by atoms with Gasteiger partial charge in [-0.05, 0) is 29.7 Å². The summed E-state index contributed by atoms with van der Waals surface area (Å²) in [5, 5.41) is 3.40. The van der Waals surface area contributed by atoms with Crippen molar-refractivity contribution in [3.63, 3.8) is 0 Å². The van der Waals surface area contributed by atoms with E-state index >= 15 is 0 Å². The summed E-state index contributed by atoms with van der Waals surface area (Å²) in [6.07, 6.45) is -3.18. The van der Waals surface area contributed by atoms with E-state index in [1.54, 1.807) is 0 Å². The predicted molar refractivity (Wildman–Crippen MR) is 75.9 cm³/mol. The molecule has 3 rings (SSSR count). The van der Waals surface area contributed by atoms with E-state index in [9.17, 15) is 13.2 Å². The van der Waals surface area contributed by atoms with E-state index in [0.29, 0.717) is 18.5 Å². The molecule has 1 fully saturated rings. The Labute approximate surface area is 121 Å². The lowest BCUT2D eigenvalue weighted by atomic mass is 10.1. The highest BCUT2D eigenvalue weighted by Crippen LogP contribution is 2.40. The number of halogens is 3. The molecule has 0 heterocycles. The zero-order chi connectivity index (χ0) is 14.9. The van der Waals surface area contributed by atoms with Gasteiger partial charge >= 0.3 is 6.18 Å². The van der Waals surface area contributed by atoms with Gasteiger partial charge < -0.3 is 5.32 Å². The molecular weight excluding hydrogens is 275 g/mol. The van der Waals surface area contributed by atoms with E-state index in [1.807, 2.05) is 18.2 Å². The Morgan fingerprint density at radius 3 is 2.24 bits per heavy atom. The fourth-order valence-electron chi connectivity index (χ4n) is 2.55. The number of rotatable bonds is 4. The van der Waals surface area contributed by atoms with Gasteiger partial charge in [0.15, 0.2) is 0 Å². The van der Waals surface area contributed by atoms with Gasteiger partial charge in [0, 0.05) is 18.5 Å². The van der Waals surface area contributed by atoms with Crippen LogP contribution in [0.5, 0.6) is 0 Å². The van der Waals surface area contributed by atoms with Crippen molar-refractivity contribution in [3.05, 3.63) is 71.3 Å². The second-order valence-electron chi connectivity index (χ2n) is 5.43. The van der Waals surface area contributed by atoms with Gasteiger partial charge in [-0.3, -0.25) is 0 Å². The molecule has 0 unspecified atom stereocenters. The largest absolute Gasteiger partial charge is 0.416 e. The van der Waals surface area contributed by atoms with Gasteiger partial charge in [-0.25, -0.2) is 0 Å². The average molecular weight is 291 g/mol. The second kappa shape index (κ2) is 5.53. The Morgan fingerprint density at radius 1 is 0.952 bits per heavy atom. The molecule has 2 atom stereocenters. The summed E-state index contributed by atoms with van der Waals surface area (Å²) in [7, 11) is 0. The van der Waals surface area contributed by atoms with Crippen LogP contribution in [0.4, 0.5) is 13.2 Å². The smallest absolute Gasteiger partial charge is 0.309 e. The van der Waals surface area contributed by atoms with Crippen LogP contribution in [0.15, 0.2) is 54.6 Å². The molecule has 0 radical (unpaired) electrons. The minimum atomic E-state index is -4.26. The molecule has 0 amide bonds. The average Bonchev–Trinajstić information content (AvgIpc) is 3.25. The first-order valence-corrected chi connectivity index (χ1v) is 6.98. The third-order valence-corrected chi connectivity index (χ3v) is 3.87. The highest BCUT2D eigenvalue weighted by Gasteiger charge is 2.37. The normalized spacial score (nSPS) is 21.3. The fraction of sp³-hybridized carbons (Fsp3) is 0.294. The van der Waals surface area contributed by atoms with Gasteiger partial charge in [0.25, 0.3) is 0 Å². The van der Waals surface area contributed by atoms with Crippen LogP contribution in [-0.2, 0) is 12.7 Å². The zero-order valence-corrected chi connectivity index (χ0v) is 11.4. The van der Waals surface area contributed by atoms with Crippen molar-refractivity contribution in [2.75, 3.05) is 0 Å². The zero-order valence-electron chi connectivity index (χ0n) is 11.4. The van der Waals surface area contributed by atoms with Crippen molar-refractivity contribution in [2.24, 2.45) is 0 Å². The second-order valence-corrected chi connectivity index (χ2v) is 5.43. The summed E-state index contributed by atoms with van der Waals surface area (Å²) in [6, 6.07) is 16.1. The van der Waals surface area contributed by atoms with Gasteiger partial charge in [-0.2, -0.15) is 13.2 Å². The molecule has 0 aromatic heterocycles. The highest BCUT2D eigenvalue weighted by atomic mass is 19.4. The van der Waals surface area contributed by atoms with E-state index in [0.717, 1.165) is 24.1 Å². The van der Waals surface area contributed by atoms with E-state index in [2.05, 4.69) is 17.4 Å². The van der Waals surface area contributed by atoms with E-state index < -0.39 is 11.7 Å². The van der Waals surface area contributed by atoms with Crippen LogP contribution in [0.25, 0.3) is 0 Å². The topological polar surface area (TPSA) is 12.0 Å².